The molecule has 0 aliphatic carbocycles. The van der Waals surface area contributed by atoms with Crippen LogP contribution in [-0.2, 0) is 20.7 Å². The van der Waals surface area contributed by atoms with E-state index in [1.807, 2.05) is 36.4 Å². The van der Waals surface area contributed by atoms with Crippen molar-refractivity contribution in [3.8, 4) is 5.75 Å². The molecule has 1 aliphatic heterocycles. The first-order chi connectivity index (χ1) is 15.0. The Morgan fingerprint density at radius 3 is 2.39 bits per heavy atom. The Bertz CT molecular complexity index is 1010. The van der Waals surface area contributed by atoms with Gasteiger partial charge in [-0.25, -0.2) is 0 Å². The van der Waals surface area contributed by atoms with E-state index < -0.39 is 5.97 Å². The van der Waals surface area contributed by atoms with E-state index >= 15 is 0 Å². The highest BCUT2D eigenvalue weighted by molar-refractivity contribution is 7.80. The zero-order chi connectivity index (χ0) is 22.4. The lowest BCUT2D eigenvalue weighted by Gasteiger charge is -2.19. The van der Waals surface area contributed by atoms with Gasteiger partial charge < -0.3 is 14.4 Å². The van der Waals surface area contributed by atoms with Gasteiger partial charge in [0.15, 0.2) is 5.11 Å². The van der Waals surface area contributed by atoms with Crippen LogP contribution in [0.4, 0.5) is 5.69 Å². The Kier molecular flexibility index (Phi) is 7.20. The average Bonchev–Trinajstić information content (AvgIpc) is 3.02. The quantitative estimate of drug-likeness (QED) is 0.270. The number of esters is 1. The number of hydrogen-bond donors (Lipinski definition) is 0. The van der Waals surface area contributed by atoms with Crippen LogP contribution in [0.1, 0.15) is 18.1 Å². The monoisotopic (exact) mass is 436 g/mol. The minimum atomic E-state index is -0.489. The highest BCUT2D eigenvalue weighted by atomic mass is 32.1. The number of rotatable bonds is 8. The van der Waals surface area contributed by atoms with Gasteiger partial charge in [0.2, 0.25) is 0 Å². The Hall–Kier alpha value is -3.45. The zero-order valence-corrected chi connectivity index (χ0v) is 18.4. The van der Waals surface area contributed by atoms with E-state index in [-0.39, 0.29) is 17.6 Å². The van der Waals surface area contributed by atoms with Crippen LogP contribution in [-0.4, -0.2) is 42.2 Å². The number of carbonyl (C=O) groups is 2. The molecule has 2 aromatic rings. The first-order valence-corrected chi connectivity index (χ1v) is 10.3. The van der Waals surface area contributed by atoms with Crippen molar-refractivity contribution in [1.29, 1.82) is 0 Å². The highest BCUT2D eigenvalue weighted by Crippen LogP contribution is 2.29. The Morgan fingerprint density at radius 1 is 1.13 bits per heavy atom. The lowest BCUT2D eigenvalue weighted by Crippen LogP contribution is -2.35. The normalized spacial score (nSPS) is 14.8. The fourth-order valence-electron chi connectivity index (χ4n) is 3.11. The summed E-state index contributed by atoms with van der Waals surface area (Å²) in [5.41, 5.74) is 2.88. The second-order valence-electron chi connectivity index (χ2n) is 6.80. The van der Waals surface area contributed by atoms with Crippen LogP contribution >= 0.6 is 12.2 Å². The second kappa shape index (κ2) is 10.0. The van der Waals surface area contributed by atoms with Crippen molar-refractivity contribution in [2.75, 3.05) is 25.2 Å². The van der Waals surface area contributed by atoms with Crippen molar-refractivity contribution in [3.05, 3.63) is 78.0 Å². The molecule has 1 fully saturated rings. The number of ether oxygens (including phenoxy) is 2. The Balaban J connectivity index is 1.95. The van der Waals surface area contributed by atoms with Gasteiger partial charge in [-0.2, -0.15) is 0 Å². The van der Waals surface area contributed by atoms with Crippen molar-refractivity contribution < 1.29 is 19.1 Å². The van der Waals surface area contributed by atoms with Crippen LogP contribution in [0.5, 0.6) is 5.75 Å². The van der Waals surface area contributed by atoms with E-state index in [1.54, 1.807) is 24.3 Å². The van der Waals surface area contributed by atoms with Gasteiger partial charge in [0, 0.05) is 0 Å². The number of benzene rings is 2. The van der Waals surface area contributed by atoms with E-state index in [1.165, 1.54) is 16.9 Å². The molecule has 0 aromatic heterocycles. The molecular weight excluding hydrogens is 412 g/mol. The first kappa shape index (κ1) is 22.2. The number of nitrogens with zero attached hydrogens (tertiary/aromatic N) is 2. The maximum atomic E-state index is 13.3. The number of anilines is 1. The van der Waals surface area contributed by atoms with Crippen LogP contribution in [0.25, 0.3) is 6.08 Å². The number of thiocarbonyl (C=S) groups is 1. The fourth-order valence-corrected chi connectivity index (χ4v) is 3.46. The molecule has 31 heavy (non-hydrogen) atoms. The van der Waals surface area contributed by atoms with Crippen molar-refractivity contribution in [3.63, 3.8) is 0 Å². The largest absolute Gasteiger partial charge is 0.490 e. The van der Waals surface area contributed by atoms with Crippen LogP contribution < -0.4 is 9.64 Å². The van der Waals surface area contributed by atoms with Gasteiger partial charge in [0.25, 0.3) is 5.91 Å². The first-order valence-electron chi connectivity index (χ1n) is 9.85. The van der Waals surface area contributed by atoms with Crippen molar-refractivity contribution in [1.82, 2.24) is 4.90 Å². The summed E-state index contributed by atoms with van der Waals surface area (Å²) in [6, 6.07) is 14.9. The number of amides is 1. The molecule has 7 heteroatoms. The molecule has 1 heterocycles. The number of aryl methyl sites for hydroxylation is 1. The fraction of sp³-hybridized carbons (Fsp3) is 0.208. The molecule has 1 saturated heterocycles. The van der Waals surface area contributed by atoms with E-state index in [2.05, 4.69) is 13.5 Å². The second-order valence-corrected chi connectivity index (χ2v) is 7.17. The molecule has 0 atom stereocenters. The van der Waals surface area contributed by atoms with Crippen LogP contribution in [0.2, 0.25) is 0 Å². The smallest absolute Gasteiger partial charge is 0.325 e. The van der Waals surface area contributed by atoms with Gasteiger partial charge >= 0.3 is 5.97 Å². The highest BCUT2D eigenvalue weighted by Gasteiger charge is 2.40. The summed E-state index contributed by atoms with van der Waals surface area (Å²) in [6.07, 6.45) is 4.26. The molecule has 0 spiro atoms. The average molecular weight is 437 g/mol. The SMILES string of the molecule is C=CCOc1ccc(/C=C2/C(=O)N(c3ccc(CC)cc3)C(=S)N2CC(=O)OC)cc1. The van der Waals surface area contributed by atoms with Crippen molar-refractivity contribution in [2.45, 2.75) is 13.3 Å². The number of methoxy groups -OCH3 is 1. The predicted molar refractivity (Wildman–Crippen MR) is 125 cm³/mol. The van der Waals surface area contributed by atoms with Gasteiger partial charge in [0.1, 0.15) is 24.6 Å². The van der Waals surface area contributed by atoms with Crippen LogP contribution in [0, 0.1) is 0 Å². The molecule has 2 aromatic carbocycles. The van der Waals surface area contributed by atoms with Crippen LogP contribution in [0.15, 0.2) is 66.9 Å². The Morgan fingerprint density at radius 2 is 1.81 bits per heavy atom. The summed E-state index contributed by atoms with van der Waals surface area (Å²) in [5, 5.41) is 0.233. The summed E-state index contributed by atoms with van der Waals surface area (Å²) in [5.74, 6) is -0.0954. The lowest BCUT2D eigenvalue weighted by atomic mass is 10.1. The molecule has 3 rings (SSSR count). The molecule has 0 unspecified atom stereocenters. The summed E-state index contributed by atoms with van der Waals surface area (Å²) >= 11 is 5.56. The molecule has 6 nitrogen and oxygen atoms in total. The minimum absolute atomic E-state index is 0.156. The Labute approximate surface area is 187 Å². The van der Waals surface area contributed by atoms with E-state index in [4.69, 9.17) is 21.7 Å². The topological polar surface area (TPSA) is 59.1 Å². The van der Waals surface area contributed by atoms with E-state index in [0.29, 0.717) is 23.7 Å². The maximum Gasteiger partial charge on any atom is 0.325 e. The molecule has 0 bridgehead atoms. The van der Waals surface area contributed by atoms with E-state index in [0.717, 1.165) is 17.5 Å². The van der Waals surface area contributed by atoms with Gasteiger partial charge in [-0.05, 0) is 60.1 Å². The molecule has 0 radical (unpaired) electrons. The molecule has 160 valence electrons. The number of carbonyl (C=O) groups excluding carboxylic acids is 2. The molecule has 1 amide bonds. The maximum absolute atomic E-state index is 13.3. The third-order valence-electron chi connectivity index (χ3n) is 4.80. The van der Waals surface area contributed by atoms with Gasteiger partial charge in [0.05, 0.1) is 12.8 Å². The molecule has 0 saturated carbocycles. The van der Waals surface area contributed by atoms with Gasteiger partial charge in [-0.3, -0.25) is 14.5 Å². The van der Waals surface area contributed by atoms with Crippen LogP contribution in [0.3, 0.4) is 0 Å². The minimum Gasteiger partial charge on any atom is -0.490 e. The lowest BCUT2D eigenvalue weighted by molar-refractivity contribution is -0.140. The standard InChI is InChI=1S/C24H24N2O4S/c1-4-14-30-20-12-8-18(9-13-20)15-21-23(28)26(19-10-6-17(5-2)7-11-19)24(31)25(21)16-22(27)29-3/h4,6-13,15H,1,5,14,16H2,2-3H3/b21-15-. The van der Waals surface area contributed by atoms with Crippen molar-refractivity contribution >= 4 is 41.0 Å². The third-order valence-corrected chi connectivity index (χ3v) is 5.21. The molecule has 1 aliphatic rings. The number of hydrogen-bond acceptors (Lipinski definition) is 5. The zero-order valence-electron chi connectivity index (χ0n) is 17.5. The summed E-state index contributed by atoms with van der Waals surface area (Å²) in [6.45, 7) is 5.94. The van der Waals surface area contributed by atoms with Gasteiger partial charge in [-0.1, -0.05) is 43.8 Å². The summed E-state index contributed by atoms with van der Waals surface area (Å²) in [7, 11) is 1.30. The summed E-state index contributed by atoms with van der Waals surface area (Å²) in [4.78, 5) is 28.2. The van der Waals surface area contributed by atoms with Crippen molar-refractivity contribution in [2.24, 2.45) is 0 Å². The summed E-state index contributed by atoms with van der Waals surface area (Å²) < 4.78 is 10.3. The third kappa shape index (κ3) is 5.00. The van der Waals surface area contributed by atoms with E-state index in [9.17, 15) is 9.59 Å². The molecule has 0 N–H and O–H groups in total. The predicted octanol–water partition coefficient (Wildman–Crippen LogP) is 3.96. The molecular formula is C24H24N2O4S. The van der Waals surface area contributed by atoms with Gasteiger partial charge in [-0.15, -0.1) is 0 Å².